The Morgan fingerprint density at radius 2 is 1.97 bits per heavy atom. The second kappa shape index (κ2) is 10.4. The fourth-order valence-electron chi connectivity index (χ4n) is 3.48. The number of hydrogen-bond acceptors (Lipinski definition) is 4. The molecule has 2 heterocycles. The summed E-state index contributed by atoms with van der Waals surface area (Å²) in [4.78, 5) is 31.4. The molecule has 0 spiro atoms. The molecular weight excluding hydrogens is 392 g/mol. The van der Waals surface area contributed by atoms with Crippen LogP contribution < -0.4 is 10.1 Å². The zero-order valence-corrected chi connectivity index (χ0v) is 18.1. The molecule has 2 aromatic heterocycles. The standard InChI is InChI=1S/C24H28N4O3.H2/c1-27-13-7-10-22(27)23(29)26-12-11-20(14-18-8-5-4-6-9-18)28(2)24(30)19-15-21(31-3)17-25-16-19;/h4-10,13,15-17,20H,11-12,14H2,1-3H3,(H,26,29);1H/t20-;/m1./s1. The first-order chi connectivity index (χ1) is 15.0. The van der Waals surface area contributed by atoms with Crippen molar-refractivity contribution in [2.24, 2.45) is 7.05 Å². The predicted octanol–water partition coefficient (Wildman–Crippen LogP) is 3.18. The van der Waals surface area contributed by atoms with Gasteiger partial charge in [0.2, 0.25) is 0 Å². The molecule has 0 unspecified atom stereocenters. The number of carbonyl (C=O) groups excluding carboxylic acids is 2. The van der Waals surface area contributed by atoms with Crippen LogP contribution in [0.1, 0.15) is 34.3 Å². The number of aromatic nitrogens is 2. The molecule has 0 bridgehead atoms. The average molecular weight is 423 g/mol. The minimum atomic E-state index is -0.138. The highest BCUT2D eigenvalue weighted by Crippen LogP contribution is 2.17. The summed E-state index contributed by atoms with van der Waals surface area (Å²) in [6.07, 6.45) is 6.24. The van der Waals surface area contributed by atoms with Gasteiger partial charge in [-0.25, -0.2) is 0 Å². The molecule has 0 radical (unpaired) electrons. The second-order valence-electron chi connectivity index (χ2n) is 7.42. The monoisotopic (exact) mass is 422 g/mol. The van der Waals surface area contributed by atoms with E-state index in [0.29, 0.717) is 36.4 Å². The van der Waals surface area contributed by atoms with Crippen molar-refractivity contribution in [2.45, 2.75) is 18.9 Å². The van der Waals surface area contributed by atoms with E-state index in [1.807, 2.05) is 49.6 Å². The fourth-order valence-corrected chi connectivity index (χ4v) is 3.48. The fraction of sp³-hybridized carbons (Fsp3) is 0.292. The molecular formula is C24H30N4O3. The molecule has 0 saturated heterocycles. The normalized spacial score (nSPS) is 11.6. The first kappa shape index (κ1) is 22.1. The third-order valence-corrected chi connectivity index (χ3v) is 5.32. The van der Waals surface area contributed by atoms with Gasteiger partial charge in [-0.1, -0.05) is 30.3 Å². The molecule has 0 aliphatic rings. The minimum Gasteiger partial charge on any atom is -0.495 e. The van der Waals surface area contributed by atoms with Gasteiger partial charge in [-0.3, -0.25) is 14.6 Å². The summed E-state index contributed by atoms with van der Waals surface area (Å²) in [6, 6.07) is 15.2. The number of carbonyl (C=O) groups is 2. The van der Waals surface area contributed by atoms with Crippen molar-refractivity contribution < 1.29 is 15.8 Å². The Balaban J connectivity index is 0.00000363. The SMILES string of the molecule is COc1cncc(C(=O)N(C)[C@H](CCNC(=O)c2cccn2C)Cc2ccccc2)c1.[HH]. The molecule has 7 heteroatoms. The molecule has 0 aliphatic carbocycles. The first-order valence-electron chi connectivity index (χ1n) is 10.2. The lowest BCUT2D eigenvalue weighted by atomic mass is 10.0. The Morgan fingerprint density at radius 3 is 2.65 bits per heavy atom. The Kier molecular flexibility index (Phi) is 7.43. The molecule has 3 aromatic rings. The van der Waals surface area contributed by atoms with Crippen LogP contribution in [0.3, 0.4) is 0 Å². The molecule has 3 rings (SSSR count). The zero-order valence-electron chi connectivity index (χ0n) is 18.1. The van der Waals surface area contributed by atoms with Gasteiger partial charge >= 0.3 is 0 Å². The number of rotatable bonds is 9. The van der Waals surface area contributed by atoms with Gasteiger partial charge in [0.15, 0.2) is 0 Å². The molecule has 31 heavy (non-hydrogen) atoms. The van der Waals surface area contributed by atoms with Crippen molar-refractivity contribution in [3.63, 3.8) is 0 Å². The number of hydrogen-bond donors (Lipinski definition) is 1. The maximum Gasteiger partial charge on any atom is 0.267 e. The zero-order chi connectivity index (χ0) is 22.2. The predicted molar refractivity (Wildman–Crippen MR) is 121 cm³/mol. The molecule has 0 aliphatic heterocycles. The summed E-state index contributed by atoms with van der Waals surface area (Å²) >= 11 is 0. The Morgan fingerprint density at radius 1 is 1.19 bits per heavy atom. The van der Waals surface area contributed by atoms with E-state index in [-0.39, 0.29) is 19.3 Å². The maximum absolute atomic E-state index is 13.1. The van der Waals surface area contributed by atoms with Crippen molar-refractivity contribution in [3.8, 4) is 5.75 Å². The smallest absolute Gasteiger partial charge is 0.267 e. The van der Waals surface area contributed by atoms with Gasteiger partial charge in [0.1, 0.15) is 11.4 Å². The highest BCUT2D eigenvalue weighted by atomic mass is 16.5. The van der Waals surface area contributed by atoms with E-state index in [4.69, 9.17) is 4.74 Å². The van der Waals surface area contributed by atoms with Crippen LogP contribution in [0.4, 0.5) is 0 Å². The summed E-state index contributed by atoms with van der Waals surface area (Å²) in [5.41, 5.74) is 2.20. The number of methoxy groups -OCH3 is 1. The minimum absolute atomic E-state index is 0. The van der Waals surface area contributed by atoms with Gasteiger partial charge in [-0.2, -0.15) is 0 Å². The summed E-state index contributed by atoms with van der Waals surface area (Å²) < 4.78 is 6.97. The largest absolute Gasteiger partial charge is 0.495 e. The van der Waals surface area contributed by atoms with Gasteiger partial charge in [-0.15, -0.1) is 0 Å². The van der Waals surface area contributed by atoms with Gasteiger partial charge in [0.25, 0.3) is 11.8 Å². The molecule has 1 aromatic carbocycles. The molecule has 1 atom stereocenters. The molecule has 0 fully saturated rings. The van der Waals surface area contributed by atoms with Crippen LogP contribution >= 0.6 is 0 Å². The van der Waals surface area contributed by atoms with Crippen molar-refractivity contribution in [1.82, 2.24) is 19.8 Å². The lowest BCUT2D eigenvalue weighted by Gasteiger charge is -2.29. The summed E-state index contributed by atoms with van der Waals surface area (Å²) in [5, 5.41) is 2.96. The van der Waals surface area contributed by atoms with Crippen LogP contribution in [0.25, 0.3) is 0 Å². The third kappa shape index (κ3) is 5.72. The van der Waals surface area contributed by atoms with Gasteiger partial charge in [0, 0.05) is 40.5 Å². The third-order valence-electron chi connectivity index (χ3n) is 5.32. The van der Waals surface area contributed by atoms with E-state index in [1.54, 1.807) is 42.0 Å². The quantitative estimate of drug-likeness (QED) is 0.575. The average Bonchev–Trinajstić information content (AvgIpc) is 3.24. The molecule has 164 valence electrons. The van der Waals surface area contributed by atoms with E-state index in [0.717, 1.165) is 5.56 Å². The van der Waals surface area contributed by atoms with Crippen molar-refractivity contribution in [3.05, 3.63) is 83.9 Å². The highest BCUT2D eigenvalue weighted by molar-refractivity contribution is 5.94. The molecule has 1 N–H and O–H groups in total. The van der Waals surface area contributed by atoms with Crippen LogP contribution in [-0.2, 0) is 13.5 Å². The van der Waals surface area contributed by atoms with E-state index >= 15 is 0 Å². The number of amides is 2. The van der Waals surface area contributed by atoms with Crippen LogP contribution in [0.5, 0.6) is 5.75 Å². The van der Waals surface area contributed by atoms with Crippen LogP contribution in [0.15, 0.2) is 67.1 Å². The van der Waals surface area contributed by atoms with Gasteiger partial charge in [-0.05, 0) is 36.6 Å². The summed E-state index contributed by atoms with van der Waals surface area (Å²) in [6.45, 7) is 0.454. The van der Waals surface area contributed by atoms with E-state index in [9.17, 15) is 9.59 Å². The first-order valence-corrected chi connectivity index (χ1v) is 10.2. The van der Waals surface area contributed by atoms with Crippen LogP contribution in [0.2, 0.25) is 0 Å². The van der Waals surface area contributed by atoms with Crippen molar-refractivity contribution >= 4 is 11.8 Å². The molecule has 7 nitrogen and oxygen atoms in total. The van der Waals surface area contributed by atoms with Gasteiger partial charge < -0.3 is 19.5 Å². The van der Waals surface area contributed by atoms with E-state index in [1.165, 1.54) is 6.20 Å². The molecule has 0 saturated carbocycles. The van der Waals surface area contributed by atoms with E-state index in [2.05, 4.69) is 10.3 Å². The lowest BCUT2D eigenvalue weighted by molar-refractivity contribution is 0.0722. The van der Waals surface area contributed by atoms with Crippen molar-refractivity contribution in [1.29, 1.82) is 0 Å². The Bertz CT molecular complexity index is 1020. The maximum atomic E-state index is 13.1. The van der Waals surface area contributed by atoms with Gasteiger partial charge in [0.05, 0.1) is 18.9 Å². The highest BCUT2D eigenvalue weighted by Gasteiger charge is 2.22. The summed E-state index contributed by atoms with van der Waals surface area (Å²) in [7, 11) is 5.17. The number of aryl methyl sites for hydroxylation is 1. The number of nitrogens with zero attached hydrogens (tertiary/aromatic N) is 3. The van der Waals surface area contributed by atoms with Crippen LogP contribution in [0, 0.1) is 0 Å². The van der Waals surface area contributed by atoms with Crippen molar-refractivity contribution in [2.75, 3.05) is 20.7 Å². The number of nitrogens with one attached hydrogen (secondary N) is 1. The van der Waals surface area contributed by atoms with E-state index < -0.39 is 0 Å². The Hall–Kier alpha value is -3.61. The number of ether oxygens (including phenoxy) is 1. The lowest BCUT2D eigenvalue weighted by Crippen LogP contribution is -2.41. The summed E-state index contributed by atoms with van der Waals surface area (Å²) in [5.74, 6) is 0.270. The number of likely N-dealkylation sites (N-methyl/N-ethyl adjacent to an activating group) is 1. The number of pyridine rings is 1. The Labute approximate surface area is 184 Å². The van der Waals surface area contributed by atoms with Crippen LogP contribution in [-0.4, -0.2) is 53.0 Å². The number of benzene rings is 1. The second-order valence-corrected chi connectivity index (χ2v) is 7.42. The molecule has 2 amide bonds. The topological polar surface area (TPSA) is 76.5 Å².